The Morgan fingerprint density at radius 1 is 1.26 bits per heavy atom. The molecule has 0 aliphatic carbocycles. The predicted octanol–water partition coefficient (Wildman–Crippen LogP) is 4.05. The predicted molar refractivity (Wildman–Crippen MR) is 79.5 cm³/mol. The van der Waals surface area contributed by atoms with Gasteiger partial charge in [-0.2, -0.15) is 0 Å². The van der Waals surface area contributed by atoms with Crippen LogP contribution in [0.3, 0.4) is 0 Å². The summed E-state index contributed by atoms with van der Waals surface area (Å²) in [6.07, 6.45) is 5.57. The number of nitrogens with one attached hydrogen (secondary N) is 1. The molecule has 3 nitrogen and oxygen atoms in total. The Morgan fingerprint density at radius 2 is 2.00 bits per heavy atom. The minimum Gasteiger partial charge on any atom is -0.322 e. The van der Waals surface area contributed by atoms with Gasteiger partial charge in [0.25, 0.3) is 0 Å². The van der Waals surface area contributed by atoms with Gasteiger partial charge in [-0.1, -0.05) is 26.0 Å². The monoisotopic (exact) mass is 260 g/mol. The molecule has 0 saturated carbocycles. The lowest BCUT2D eigenvalue weighted by Crippen LogP contribution is -2.45. The van der Waals surface area contributed by atoms with Crippen molar-refractivity contribution in [2.75, 3.05) is 11.9 Å². The van der Waals surface area contributed by atoms with Crippen molar-refractivity contribution in [2.45, 2.75) is 52.0 Å². The van der Waals surface area contributed by atoms with Crippen molar-refractivity contribution in [3.05, 3.63) is 29.8 Å². The highest BCUT2D eigenvalue weighted by Crippen LogP contribution is 2.20. The first kappa shape index (κ1) is 13.9. The third-order valence-corrected chi connectivity index (χ3v) is 3.97. The summed E-state index contributed by atoms with van der Waals surface area (Å²) in [7, 11) is 0. The number of piperidine rings is 1. The summed E-state index contributed by atoms with van der Waals surface area (Å²) in [5.74, 6) is 0. The van der Waals surface area contributed by atoms with Gasteiger partial charge in [-0.15, -0.1) is 0 Å². The lowest BCUT2D eigenvalue weighted by Gasteiger charge is -2.35. The maximum absolute atomic E-state index is 12.3. The zero-order chi connectivity index (χ0) is 13.7. The van der Waals surface area contributed by atoms with Gasteiger partial charge < -0.3 is 10.2 Å². The van der Waals surface area contributed by atoms with Gasteiger partial charge in [0, 0.05) is 18.3 Å². The fourth-order valence-electron chi connectivity index (χ4n) is 2.71. The average molecular weight is 260 g/mol. The largest absolute Gasteiger partial charge is 0.322 e. The Labute approximate surface area is 116 Å². The molecule has 0 bridgehead atoms. The van der Waals surface area contributed by atoms with Crippen LogP contribution in [0.4, 0.5) is 10.5 Å². The molecule has 104 valence electrons. The molecule has 19 heavy (non-hydrogen) atoms. The maximum Gasteiger partial charge on any atom is 0.322 e. The topological polar surface area (TPSA) is 32.3 Å². The molecule has 1 aromatic rings. The van der Waals surface area contributed by atoms with Gasteiger partial charge in [-0.25, -0.2) is 4.79 Å². The highest BCUT2D eigenvalue weighted by atomic mass is 16.2. The van der Waals surface area contributed by atoms with Crippen LogP contribution in [0, 0.1) is 0 Å². The van der Waals surface area contributed by atoms with Crippen LogP contribution in [0.15, 0.2) is 24.3 Å². The van der Waals surface area contributed by atoms with E-state index >= 15 is 0 Å². The summed E-state index contributed by atoms with van der Waals surface area (Å²) < 4.78 is 0. The normalized spacial score (nSPS) is 19.3. The third-order valence-electron chi connectivity index (χ3n) is 3.97. The average Bonchev–Trinajstić information content (AvgIpc) is 2.48. The van der Waals surface area contributed by atoms with Crippen LogP contribution < -0.4 is 5.32 Å². The Morgan fingerprint density at radius 3 is 2.63 bits per heavy atom. The van der Waals surface area contributed by atoms with Crippen LogP contribution in [0.1, 0.15) is 45.1 Å². The summed E-state index contributed by atoms with van der Waals surface area (Å²) in [6, 6.07) is 8.58. The van der Waals surface area contributed by atoms with Crippen LogP contribution in [0.2, 0.25) is 0 Å². The second-order valence-corrected chi connectivity index (χ2v) is 5.23. The van der Waals surface area contributed by atoms with Crippen molar-refractivity contribution in [2.24, 2.45) is 0 Å². The van der Waals surface area contributed by atoms with Gasteiger partial charge in [-0.3, -0.25) is 0 Å². The zero-order valence-corrected chi connectivity index (χ0v) is 12.0. The molecule has 1 aliphatic rings. The number of hydrogen-bond donors (Lipinski definition) is 1. The third kappa shape index (κ3) is 3.49. The van der Waals surface area contributed by atoms with Crippen LogP contribution in [-0.2, 0) is 6.42 Å². The van der Waals surface area contributed by atoms with E-state index in [9.17, 15) is 4.79 Å². The van der Waals surface area contributed by atoms with Crippen LogP contribution in [0.5, 0.6) is 0 Å². The summed E-state index contributed by atoms with van der Waals surface area (Å²) in [5.41, 5.74) is 2.19. The standard InChI is InChI=1S/C16H24N2O/c1-3-13-8-10-14(11-9-13)17-16(19)18-12-6-5-7-15(18)4-2/h8-11,15H,3-7,12H2,1-2H3,(H,17,19). The van der Waals surface area contributed by atoms with Crippen molar-refractivity contribution < 1.29 is 4.79 Å². The Hall–Kier alpha value is -1.51. The van der Waals surface area contributed by atoms with E-state index in [1.807, 2.05) is 17.0 Å². The summed E-state index contributed by atoms with van der Waals surface area (Å²) in [6.45, 7) is 5.18. The van der Waals surface area contributed by atoms with E-state index in [0.717, 1.165) is 37.9 Å². The van der Waals surface area contributed by atoms with E-state index < -0.39 is 0 Å². The molecule has 0 spiro atoms. The molecule has 1 atom stereocenters. The number of hydrogen-bond acceptors (Lipinski definition) is 1. The van der Waals surface area contributed by atoms with E-state index in [1.165, 1.54) is 12.0 Å². The number of likely N-dealkylation sites (tertiary alicyclic amines) is 1. The molecule has 1 aliphatic heterocycles. The first-order valence-electron chi connectivity index (χ1n) is 7.41. The van der Waals surface area contributed by atoms with Crippen molar-refractivity contribution in [3.8, 4) is 0 Å². The van der Waals surface area contributed by atoms with E-state index in [2.05, 4.69) is 31.3 Å². The van der Waals surface area contributed by atoms with Crippen molar-refractivity contribution in [3.63, 3.8) is 0 Å². The SMILES string of the molecule is CCc1ccc(NC(=O)N2CCCCC2CC)cc1. The quantitative estimate of drug-likeness (QED) is 0.873. The number of urea groups is 1. The Kier molecular flexibility index (Phi) is 4.83. The lowest BCUT2D eigenvalue weighted by molar-refractivity contribution is 0.160. The molecule has 1 N–H and O–H groups in total. The molecular formula is C16H24N2O. The highest BCUT2D eigenvalue weighted by molar-refractivity contribution is 5.89. The minimum atomic E-state index is 0.0517. The van der Waals surface area contributed by atoms with Crippen molar-refractivity contribution >= 4 is 11.7 Å². The Bertz CT molecular complexity index is 413. The van der Waals surface area contributed by atoms with Gasteiger partial charge >= 0.3 is 6.03 Å². The van der Waals surface area contributed by atoms with Gasteiger partial charge in [0.05, 0.1) is 0 Å². The molecule has 2 amide bonds. The molecule has 3 heteroatoms. The highest BCUT2D eigenvalue weighted by Gasteiger charge is 2.25. The molecule has 1 unspecified atom stereocenters. The molecule has 1 saturated heterocycles. The van der Waals surface area contributed by atoms with E-state index in [-0.39, 0.29) is 6.03 Å². The summed E-state index contributed by atoms with van der Waals surface area (Å²) >= 11 is 0. The molecule has 1 aromatic carbocycles. The summed E-state index contributed by atoms with van der Waals surface area (Å²) in [4.78, 5) is 14.3. The lowest BCUT2D eigenvalue weighted by atomic mass is 10.0. The van der Waals surface area contributed by atoms with Crippen LogP contribution in [0.25, 0.3) is 0 Å². The number of aryl methyl sites for hydroxylation is 1. The summed E-state index contributed by atoms with van der Waals surface area (Å²) in [5, 5.41) is 3.01. The number of carbonyl (C=O) groups excluding carboxylic acids is 1. The second kappa shape index (κ2) is 6.60. The number of rotatable bonds is 3. The first-order valence-corrected chi connectivity index (χ1v) is 7.41. The molecular weight excluding hydrogens is 236 g/mol. The fourth-order valence-corrected chi connectivity index (χ4v) is 2.71. The van der Waals surface area contributed by atoms with Crippen LogP contribution >= 0.6 is 0 Å². The van der Waals surface area contributed by atoms with Gasteiger partial charge in [0.2, 0.25) is 0 Å². The molecule has 2 rings (SSSR count). The van der Waals surface area contributed by atoms with Gasteiger partial charge in [-0.05, 0) is 49.8 Å². The second-order valence-electron chi connectivity index (χ2n) is 5.23. The van der Waals surface area contributed by atoms with Crippen molar-refractivity contribution in [1.82, 2.24) is 4.90 Å². The first-order chi connectivity index (χ1) is 9.24. The van der Waals surface area contributed by atoms with E-state index in [1.54, 1.807) is 0 Å². The van der Waals surface area contributed by atoms with Crippen molar-refractivity contribution in [1.29, 1.82) is 0 Å². The molecule has 1 fully saturated rings. The van der Waals surface area contributed by atoms with E-state index in [4.69, 9.17) is 0 Å². The van der Waals surface area contributed by atoms with Gasteiger partial charge in [0.1, 0.15) is 0 Å². The maximum atomic E-state index is 12.3. The van der Waals surface area contributed by atoms with Crippen LogP contribution in [-0.4, -0.2) is 23.5 Å². The molecule has 0 aromatic heterocycles. The number of anilines is 1. The minimum absolute atomic E-state index is 0.0517. The fraction of sp³-hybridized carbons (Fsp3) is 0.562. The smallest absolute Gasteiger partial charge is 0.322 e. The molecule has 0 radical (unpaired) electrons. The number of benzene rings is 1. The molecule has 1 heterocycles. The number of carbonyl (C=O) groups is 1. The van der Waals surface area contributed by atoms with E-state index in [0.29, 0.717) is 6.04 Å². The Balaban J connectivity index is 1.98. The zero-order valence-electron chi connectivity index (χ0n) is 12.0. The van der Waals surface area contributed by atoms with Gasteiger partial charge in [0.15, 0.2) is 0 Å². The number of amides is 2. The number of nitrogens with zero attached hydrogens (tertiary/aromatic N) is 1.